The number of rotatable bonds is 7. The van der Waals surface area contributed by atoms with Gasteiger partial charge in [-0.1, -0.05) is 11.3 Å². The van der Waals surface area contributed by atoms with Crippen LogP contribution in [0.1, 0.15) is 5.01 Å². The fraction of sp³-hybridized carbons (Fsp3) is 0.385. The number of aromatic nitrogens is 2. The summed E-state index contributed by atoms with van der Waals surface area (Å²) in [6.45, 7) is 2.39. The van der Waals surface area contributed by atoms with E-state index < -0.39 is 0 Å². The maximum Gasteiger partial charge on any atom is 0.147 e. The summed E-state index contributed by atoms with van der Waals surface area (Å²) in [4.78, 5) is 0. The van der Waals surface area contributed by atoms with Crippen LogP contribution in [0.5, 0.6) is 0 Å². The second-order valence-corrected chi connectivity index (χ2v) is 5.06. The molecule has 1 heterocycles. The number of halogens is 1. The molecule has 1 aromatic heterocycles. The number of hydrogen-bond acceptors (Lipinski definition) is 5. The third-order valence-corrected chi connectivity index (χ3v) is 3.59. The average molecular weight is 281 g/mol. The Morgan fingerprint density at radius 2 is 2.00 bits per heavy atom. The van der Waals surface area contributed by atoms with Gasteiger partial charge in [0.25, 0.3) is 0 Å². The summed E-state index contributed by atoms with van der Waals surface area (Å²) in [5.74, 6) is -0.240. The van der Waals surface area contributed by atoms with Crippen LogP contribution >= 0.6 is 11.3 Å². The molecule has 0 unspecified atom stereocenters. The minimum atomic E-state index is -0.240. The summed E-state index contributed by atoms with van der Waals surface area (Å²) < 4.78 is 17.8. The van der Waals surface area contributed by atoms with Crippen molar-refractivity contribution >= 4 is 11.3 Å². The van der Waals surface area contributed by atoms with E-state index in [1.807, 2.05) is 0 Å². The summed E-state index contributed by atoms with van der Waals surface area (Å²) in [6, 6.07) is 6.30. The van der Waals surface area contributed by atoms with Gasteiger partial charge in [-0.05, 0) is 24.3 Å². The predicted octanol–water partition coefficient (Wildman–Crippen LogP) is 2.12. The van der Waals surface area contributed by atoms with Crippen LogP contribution < -0.4 is 5.32 Å². The van der Waals surface area contributed by atoms with Crippen LogP contribution in [0.4, 0.5) is 4.39 Å². The standard InChI is InChI=1S/C13H16FN3OS/c1-18-9-8-15-7-6-12-16-17-13(19-12)10-2-4-11(14)5-3-10/h2-5,15H,6-9H2,1H3. The van der Waals surface area contributed by atoms with Crippen LogP contribution in [0.25, 0.3) is 10.6 Å². The number of nitrogens with one attached hydrogen (secondary N) is 1. The molecule has 0 aliphatic heterocycles. The lowest BCUT2D eigenvalue weighted by molar-refractivity contribution is 0.199. The van der Waals surface area contributed by atoms with Crippen LogP contribution in [0.3, 0.4) is 0 Å². The zero-order chi connectivity index (χ0) is 13.5. The summed E-state index contributed by atoms with van der Waals surface area (Å²) in [5, 5.41) is 13.3. The molecule has 2 rings (SSSR count). The van der Waals surface area contributed by atoms with Crippen molar-refractivity contribution in [3.8, 4) is 10.6 Å². The van der Waals surface area contributed by atoms with Crippen LogP contribution in [0.15, 0.2) is 24.3 Å². The van der Waals surface area contributed by atoms with Crippen molar-refractivity contribution in [2.24, 2.45) is 0 Å². The molecule has 1 aromatic carbocycles. The lowest BCUT2D eigenvalue weighted by Crippen LogP contribution is -2.21. The Morgan fingerprint density at radius 3 is 2.74 bits per heavy atom. The van der Waals surface area contributed by atoms with Crippen molar-refractivity contribution in [1.82, 2.24) is 15.5 Å². The topological polar surface area (TPSA) is 47.0 Å². The zero-order valence-corrected chi connectivity index (χ0v) is 11.5. The first-order valence-electron chi connectivity index (χ1n) is 6.07. The van der Waals surface area contributed by atoms with Crippen molar-refractivity contribution < 1.29 is 9.13 Å². The lowest BCUT2D eigenvalue weighted by atomic mass is 10.2. The molecule has 0 radical (unpaired) electrons. The number of ether oxygens (including phenoxy) is 1. The number of benzene rings is 1. The van der Waals surface area contributed by atoms with Crippen molar-refractivity contribution in [3.05, 3.63) is 35.1 Å². The monoisotopic (exact) mass is 281 g/mol. The Bertz CT molecular complexity index is 501. The van der Waals surface area contributed by atoms with Gasteiger partial charge in [0.1, 0.15) is 15.8 Å². The summed E-state index contributed by atoms with van der Waals surface area (Å²) in [6.07, 6.45) is 0.836. The van der Waals surface area contributed by atoms with E-state index in [0.29, 0.717) is 6.61 Å². The molecule has 0 amide bonds. The summed E-state index contributed by atoms with van der Waals surface area (Å²) in [5.41, 5.74) is 0.900. The van der Waals surface area contributed by atoms with E-state index in [1.54, 1.807) is 19.2 Å². The maximum atomic E-state index is 12.8. The molecule has 0 saturated heterocycles. The third-order valence-electron chi connectivity index (χ3n) is 2.56. The summed E-state index contributed by atoms with van der Waals surface area (Å²) in [7, 11) is 1.68. The van der Waals surface area contributed by atoms with Crippen molar-refractivity contribution in [2.75, 3.05) is 26.8 Å². The minimum Gasteiger partial charge on any atom is -0.383 e. The molecular formula is C13H16FN3OS. The van der Waals surface area contributed by atoms with Gasteiger partial charge in [0.2, 0.25) is 0 Å². The number of nitrogens with zero attached hydrogens (tertiary/aromatic N) is 2. The first-order valence-corrected chi connectivity index (χ1v) is 6.89. The smallest absolute Gasteiger partial charge is 0.147 e. The van der Waals surface area contributed by atoms with Crippen LogP contribution in [0.2, 0.25) is 0 Å². The molecule has 0 bridgehead atoms. The average Bonchev–Trinajstić information content (AvgIpc) is 2.88. The normalized spacial score (nSPS) is 10.8. The Hall–Kier alpha value is -1.37. The minimum absolute atomic E-state index is 0.240. The molecule has 4 nitrogen and oxygen atoms in total. The van der Waals surface area contributed by atoms with E-state index in [0.717, 1.165) is 35.1 Å². The molecule has 0 fully saturated rings. The van der Waals surface area contributed by atoms with Crippen molar-refractivity contribution in [2.45, 2.75) is 6.42 Å². The second kappa shape index (κ2) is 7.28. The van der Waals surface area contributed by atoms with Gasteiger partial charge < -0.3 is 10.1 Å². The summed E-state index contributed by atoms with van der Waals surface area (Å²) >= 11 is 1.54. The van der Waals surface area contributed by atoms with E-state index in [1.165, 1.54) is 23.5 Å². The molecule has 0 aliphatic carbocycles. The molecule has 19 heavy (non-hydrogen) atoms. The molecule has 1 N–H and O–H groups in total. The van der Waals surface area contributed by atoms with Crippen LogP contribution in [-0.4, -0.2) is 37.0 Å². The molecule has 0 spiro atoms. The quantitative estimate of drug-likeness (QED) is 0.790. The SMILES string of the molecule is COCCNCCc1nnc(-c2ccc(F)cc2)s1. The first-order chi connectivity index (χ1) is 9.29. The van der Waals surface area contributed by atoms with Gasteiger partial charge in [-0.15, -0.1) is 10.2 Å². The highest BCUT2D eigenvalue weighted by atomic mass is 32.1. The maximum absolute atomic E-state index is 12.8. The fourth-order valence-electron chi connectivity index (χ4n) is 1.56. The van der Waals surface area contributed by atoms with Gasteiger partial charge in [0, 0.05) is 32.2 Å². The predicted molar refractivity (Wildman–Crippen MR) is 73.8 cm³/mol. The number of hydrogen-bond donors (Lipinski definition) is 1. The third kappa shape index (κ3) is 4.34. The molecule has 0 saturated carbocycles. The molecular weight excluding hydrogens is 265 g/mol. The van der Waals surface area contributed by atoms with Crippen LogP contribution in [-0.2, 0) is 11.2 Å². The molecule has 2 aromatic rings. The Kier molecular flexibility index (Phi) is 5.38. The largest absolute Gasteiger partial charge is 0.383 e. The van der Waals surface area contributed by atoms with Gasteiger partial charge in [-0.3, -0.25) is 0 Å². The van der Waals surface area contributed by atoms with Gasteiger partial charge in [0.15, 0.2) is 0 Å². The Morgan fingerprint density at radius 1 is 1.21 bits per heavy atom. The molecule has 0 atom stereocenters. The highest BCUT2D eigenvalue weighted by molar-refractivity contribution is 7.14. The lowest BCUT2D eigenvalue weighted by Gasteiger charge is -2.00. The Labute approximate surface area is 115 Å². The van der Waals surface area contributed by atoms with Crippen molar-refractivity contribution in [3.63, 3.8) is 0 Å². The van der Waals surface area contributed by atoms with Crippen LogP contribution in [0, 0.1) is 5.82 Å². The van der Waals surface area contributed by atoms with Gasteiger partial charge >= 0.3 is 0 Å². The van der Waals surface area contributed by atoms with E-state index >= 15 is 0 Å². The molecule has 102 valence electrons. The van der Waals surface area contributed by atoms with Crippen molar-refractivity contribution in [1.29, 1.82) is 0 Å². The second-order valence-electron chi connectivity index (χ2n) is 4.00. The molecule has 6 heteroatoms. The molecule has 0 aliphatic rings. The van der Waals surface area contributed by atoms with E-state index in [4.69, 9.17) is 4.74 Å². The highest BCUT2D eigenvalue weighted by Gasteiger charge is 2.06. The van der Waals surface area contributed by atoms with Gasteiger partial charge in [-0.25, -0.2) is 4.39 Å². The van der Waals surface area contributed by atoms with E-state index in [2.05, 4.69) is 15.5 Å². The van der Waals surface area contributed by atoms with E-state index in [9.17, 15) is 4.39 Å². The number of methoxy groups -OCH3 is 1. The fourth-order valence-corrected chi connectivity index (χ4v) is 2.40. The Balaban J connectivity index is 1.86. The van der Waals surface area contributed by atoms with E-state index in [-0.39, 0.29) is 5.82 Å². The highest BCUT2D eigenvalue weighted by Crippen LogP contribution is 2.23. The first kappa shape index (κ1) is 14.0. The van der Waals surface area contributed by atoms with Gasteiger partial charge in [-0.2, -0.15) is 0 Å². The zero-order valence-electron chi connectivity index (χ0n) is 10.7. The van der Waals surface area contributed by atoms with Gasteiger partial charge in [0.05, 0.1) is 6.61 Å².